The number of fused-ring (bicyclic) bond motifs is 1. The zero-order chi connectivity index (χ0) is 16.8. The fourth-order valence-electron chi connectivity index (χ4n) is 3.10. The third kappa shape index (κ3) is 3.95. The van der Waals surface area contributed by atoms with Crippen molar-refractivity contribution < 1.29 is 9.47 Å². The van der Waals surface area contributed by atoms with E-state index >= 15 is 0 Å². The lowest BCUT2D eigenvalue weighted by atomic mass is 9.95. The van der Waals surface area contributed by atoms with E-state index in [-0.39, 0.29) is 0 Å². The number of imidazole rings is 1. The molecule has 1 aliphatic rings. The van der Waals surface area contributed by atoms with E-state index in [0.717, 1.165) is 56.0 Å². The Morgan fingerprint density at radius 3 is 2.88 bits per heavy atom. The first-order valence-corrected chi connectivity index (χ1v) is 8.92. The van der Waals surface area contributed by atoms with Crippen LogP contribution in [0.15, 0.2) is 6.20 Å². The number of hydrogen-bond acceptors (Lipinski definition) is 6. The molecule has 0 radical (unpaired) electrons. The van der Waals surface area contributed by atoms with Crippen LogP contribution in [-0.2, 0) is 6.54 Å². The molecule has 0 unspecified atom stereocenters. The van der Waals surface area contributed by atoms with Crippen LogP contribution in [0.3, 0.4) is 0 Å². The van der Waals surface area contributed by atoms with Crippen molar-refractivity contribution in [2.75, 3.05) is 26.8 Å². The van der Waals surface area contributed by atoms with Gasteiger partial charge in [-0.15, -0.1) is 0 Å². The van der Waals surface area contributed by atoms with Gasteiger partial charge in [-0.2, -0.15) is 9.97 Å². The minimum Gasteiger partial charge on any atom is -0.468 e. The molecule has 3 rings (SSSR count). The van der Waals surface area contributed by atoms with Crippen LogP contribution in [0.4, 0.5) is 0 Å². The number of piperidine rings is 1. The fraction of sp³-hybridized carbons (Fsp3) is 0.706. The molecule has 132 valence electrons. The van der Waals surface area contributed by atoms with Crippen molar-refractivity contribution in [1.29, 1.82) is 0 Å². The van der Waals surface area contributed by atoms with Gasteiger partial charge in [-0.1, -0.05) is 13.3 Å². The van der Waals surface area contributed by atoms with Gasteiger partial charge >= 0.3 is 6.01 Å². The van der Waals surface area contributed by atoms with E-state index in [9.17, 15) is 0 Å². The van der Waals surface area contributed by atoms with Crippen molar-refractivity contribution in [3.05, 3.63) is 6.20 Å². The van der Waals surface area contributed by atoms with Crippen LogP contribution in [0.25, 0.3) is 11.2 Å². The number of aryl methyl sites for hydroxylation is 1. The van der Waals surface area contributed by atoms with E-state index in [0.29, 0.717) is 18.6 Å². The van der Waals surface area contributed by atoms with Crippen LogP contribution in [-0.4, -0.2) is 46.3 Å². The predicted molar refractivity (Wildman–Crippen MR) is 92.5 cm³/mol. The zero-order valence-electron chi connectivity index (χ0n) is 14.6. The number of unbranched alkanes of at least 4 members (excludes halogenated alkanes) is 1. The second-order valence-electron chi connectivity index (χ2n) is 6.30. The van der Waals surface area contributed by atoms with Gasteiger partial charge in [0.25, 0.3) is 6.01 Å². The Kier molecular flexibility index (Phi) is 5.85. The quantitative estimate of drug-likeness (QED) is 0.748. The summed E-state index contributed by atoms with van der Waals surface area (Å²) in [6, 6.07) is 1.01. The number of ether oxygens (including phenoxy) is 2. The zero-order valence-corrected chi connectivity index (χ0v) is 14.6. The van der Waals surface area contributed by atoms with Crippen molar-refractivity contribution in [2.24, 2.45) is 5.92 Å². The highest BCUT2D eigenvalue weighted by atomic mass is 16.5. The third-order valence-corrected chi connectivity index (χ3v) is 4.56. The first kappa shape index (κ1) is 17.0. The van der Waals surface area contributed by atoms with Gasteiger partial charge in [0.15, 0.2) is 5.65 Å². The highest BCUT2D eigenvalue weighted by molar-refractivity contribution is 5.71. The van der Waals surface area contributed by atoms with Crippen molar-refractivity contribution >= 4 is 11.2 Å². The monoisotopic (exact) mass is 333 g/mol. The highest BCUT2D eigenvalue weighted by Crippen LogP contribution is 2.24. The maximum absolute atomic E-state index is 5.63. The Morgan fingerprint density at radius 1 is 1.29 bits per heavy atom. The van der Waals surface area contributed by atoms with Crippen molar-refractivity contribution in [3.8, 4) is 12.0 Å². The topological polar surface area (TPSA) is 74.1 Å². The van der Waals surface area contributed by atoms with E-state index in [1.54, 1.807) is 13.3 Å². The van der Waals surface area contributed by atoms with Gasteiger partial charge in [-0.3, -0.25) is 4.57 Å². The largest absolute Gasteiger partial charge is 0.468 e. The molecular formula is C17H27N5O2. The van der Waals surface area contributed by atoms with E-state index in [4.69, 9.17) is 9.47 Å². The van der Waals surface area contributed by atoms with Crippen molar-refractivity contribution in [3.63, 3.8) is 0 Å². The summed E-state index contributed by atoms with van der Waals surface area (Å²) in [5.41, 5.74) is 1.54. The molecule has 7 heteroatoms. The molecule has 0 aromatic carbocycles. The van der Waals surface area contributed by atoms with Gasteiger partial charge < -0.3 is 14.8 Å². The predicted octanol–water partition coefficient (Wildman–Crippen LogP) is 2.40. The van der Waals surface area contributed by atoms with Gasteiger partial charge in [0, 0.05) is 6.54 Å². The van der Waals surface area contributed by atoms with Crippen molar-refractivity contribution in [1.82, 2.24) is 24.8 Å². The third-order valence-electron chi connectivity index (χ3n) is 4.56. The Balaban J connectivity index is 1.76. The SMILES string of the molecule is CCCCOc1ncc2nc(OC)n(CCC3CCNCC3)c2n1. The number of rotatable bonds is 8. The molecule has 0 spiro atoms. The lowest BCUT2D eigenvalue weighted by Gasteiger charge is -2.22. The molecule has 1 aliphatic heterocycles. The van der Waals surface area contributed by atoms with Crippen LogP contribution < -0.4 is 14.8 Å². The Labute approximate surface area is 142 Å². The van der Waals surface area contributed by atoms with E-state index in [1.165, 1.54) is 12.8 Å². The van der Waals surface area contributed by atoms with Gasteiger partial charge in [0.05, 0.1) is 19.9 Å². The first-order valence-electron chi connectivity index (χ1n) is 8.92. The smallest absolute Gasteiger partial charge is 0.318 e. The summed E-state index contributed by atoms with van der Waals surface area (Å²) >= 11 is 0. The average Bonchev–Trinajstić information content (AvgIpc) is 2.98. The van der Waals surface area contributed by atoms with Gasteiger partial charge in [0.2, 0.25) is 0 Å². The molecule has 7 nitrogen and oxygen atoms in total. The molecule has 2 aromatic heterocycles. The normalized spacial score (nSPS) is 15.8. The van der Waals surface area contributed by atoms with Gasteiger partial charge in [-0.05, 0) is 44.7 Å². The Morgan fingerprint density at radius 2 is 2.12 bits per heavy atom. The molecule has 0 atom stereocenters. The number of nitrogens with zero attached hydrogens (tertiary/aromatic N) is 4. The standard InChI is InChI=1S/C17H27N5O2/c1-3-4-11-24-16-19-12-14-15(21-16)22(17(20-14)23-2)10-7-13-5-8-18-9-6-13/h12-13,18H,3-11H2,1-2H3. The first-order chi connectivity index (χ1) is 11.8. The second kappa shape index (κ2) is 8.28. The maximum atomic E-state index is 5.63. The molecule has 0 saturated carbocycles. The lowest BCUT2D eigenvalue weighted by molar-refractivity contribution is 0.285. The molecule has 3 heterocycles. The van der Waals surface area contributed by atoms with Crippen LogP contribution in [0.2, 0.25) is 0 Å². The summed E-state index contributed by atoms with van der Waals surface area (Å²) in [6.07, 6.45) is 7.38. The minimum atomic E-state index is 0.418. The summed E-state index contributed by atoms with van der Waals surface area (Å²) in [5.74, 6) is 0.746. The fourth-order valence-corrected chi connectivity index (χ4v) is 3.10. The molecule has 0 aliphatic carbocycles. The van der Waals surface area contributed by atoms with Crippen LogP contribution >= 0.6 is 0 Å². The average molecular weight is 333 g/mol. The van der Waals surface area contributed by atoms with Gasteiger partial charge in [0.1, 0.15) is 5.52 Å². The van der Waals surface area contributed by atoms with Crippen LogP contribution in [0.1, 0.15) is 39.0 Å². The van der Waals surface area contributed by atoms with E-state index < -0.39 is 0 Å². The van der Waals surface area contributed by atoms with Crippen molar-refractivity contribution in [2.45, 2.75) is 45.6 Å². The molecule has 1 N–H and O–H groups in total. The molecule has 1 saturated heterocycles. The van der Waals surface area contributed by atoms with Crippen LogP contribution in [0, 0.1) is 5.92 Å². The molecule has 0 bridgehead atoms. The number of hydrogen-bond donors (Lipinski definition) is 1. The Bertz CT molecular complexity index is 652. The second-order valence-corrected chi connectivity index (χ2v) is 6.30. The summed E-state index contributed by atoms with van der Waals surface area (Å²) in [7, 11) is 1.65. The number of nitrogens with one attached hydrogen (secondary N) is 1. The molecule has 24 heavy (non-hydrogen) atoms. The highest BCUT2D eigenvalue weighted by Gasteiger charge is 2.18. The number of methoxy groups -OCH3 is 1. The maximum Gasteiger partial charge on any atom is 0.318 e. The lowest BCUT2D eigenvalue weighted by Crippen LogP contribution is -2.28. The Hall–Kier alpha value is -1.89. The summed E-state index contributed by atoms with van der Waals surface area (Å²) < 4.78 is 13.1. The van der Waals surface area contributed by atoms with Gasteiger partial charge in [-0.25, -0.2) is 4.98 Å². The summed E-state index contributed by atoms with van der Waals surface area (Å²) in [5, 5.41) is 3.41. The molecule has 0 amide bonds. The summed E-state index contributed by atoms with van der Waals surface area (Å²) in [6.45, 7) is 5.86. The van der Waals surface area contributed by atoms with E-state index in [2.05, 4.69) is 27.2 Å². The number of aromatic nitrogens is 4. The molecular weight excluding hydrogens is 306 g/mol. The summed E-state index contributed by atoms with van der Waals surface area (Å²) in [4.78, 5) is 13.3. The molecule has 1 fully saturated rings. The molecule has 2 aromatic rings. The van der Waals surface area contributed by atoms with Crippen LogP contribution in [0.5, 0.6) is 12.0 Å². The minimum absolute atomic E-state index is 0.418. The van der Waals surface area contributed by atoms with E-state index in [1.807, 2.05) is 4.57 Å².